The minimum atomic E-state index is -0.942. The minimum Gasteiger partial charge on any atom is -0.711 e. The lowest BCUT2D eigenvalue weighted by Gasteiger charge is -2.10. The number of aliphatic carboxylic acids is 1. The molecule has 0 saturated carbocycles. The Morgan fingerprint density at radius 1 is 1.37 bits per heavy atom. The molecule has 1 atom stereocenters. The number of imidazole rings is 1. The minimum absolute atomic E-state index is 0.352. The van der Waals surface area contributed by atoms with Crippen molar-refractivity contribution in [2.24, 2.45) is 0 Å². The SMILES string of the molecule is Cc1c(C)[n+]([O-])cn1C(Cc1ccccc1)C(=O)O. The Bertz CT molecular complexity index is 590. The van der Waals surface area contributed by atoms with Gasteiger partial charge in [0.1, 0.15) is 11.4 Å². The van der Waals surface area contributed by atoms with Crippen molar-refractivity contribution in [3.63, 3.8) is 0 Å². The molecule has 19 heavy (non-hydrogen) atoms. The predicted octanol–water partition coefficient (Wildman–Crippen LogP) is 1.61. The predicted molar refractivity (Wildman–Crippen MR) is 69.7 cm³/mol. The van der Waals surface area contributed by atoms with Crippen LogP contribution in [0.1, 0.15) is 23.0 Å². The number of carboxylic acid groups (broad SMARTS) is 1. The number of rotatable bonds is 4. The van der Waals surface area contributed by atoms with Gasteiger partial charge in [0.05, 0.1) is 0 Å². The molecule has 1 aromatic carbocycles. The Kier molecular flexibility index (Phi) is 3.55. The van der Waals surface area contributed by atoms with Crippen molar-refractivity contribution >= 4 is 5.97 Å². The maximum Gasteiger partial charge on any atom is 0.349 e. The van der Waals surface area contributed by atoms with Crippen molar-refractivity contribution < 1.29 is 14.6 Å². The second-order valence-corrected chi connectivity index (χ2v) is 4.56. The van der Waals surface area contributed by atoms with E-state index in [0.29, 0.717) is 22.5 Å². The lowest BCUT2D eigenvalue weighted by molar-refractivity contribution is -0.611. The monoisotopic (exact) mass is 260 g/mol. The highest BCUT2D eigenvalue weighted by molar-refractivity contribution is 5.72. The first-order chi connectivity index (χ1) is 9.00. The van der Waals surface area contributed by atoms with Crippen LogP contribution in [0, 0.1) is 19.1 Å². The van der Waals surface area contributed by atoms with Gasteiger partial charge in [-0.25, -0.2) is 14.1 Å². The molecule has 0 aliphatic carbocycles. The van der Waals surface area contributed by atoms with Crippen molar-refractivity contribution in [2.45, 2.75) is 26.3 Å². The zero-order valence-electron chi connectivity index (χ0n) is 10.9. The van der Waals surface area contributed by atoms with E-state index in [9.17, 15) is 15.1 Å². The Balaban J connectivity index is 2.36. The molecule has 0 fully saturated rings. The summed E-state index contributed by atoms with van der Waals surface area (Å²) in [5, 5.41) is 20.9. The standard InChI is InChI=1S/C14H16N2O3/c1-10-11(2)16(19)9-15(10)13(14(17)18)8-12-6-4-3-5-7-12/h3-7,9,13H,8H2,1-2H3,(H,17,18). The molecule has 2 rings (SSSR count). The van der Waals surface area contributed by atoms with E-state index in [0.717, 1.165) is 5.56 Å². The third-order valence-electron chi connectivity index (χ3n) is 3.36. The van der Waals surface area contributed by atoms with Gasteiger partial charge in [0.15, 0.2) is 0 Å². The first-order valence-electron chi connectivity index (χ1n) is 6.04. The average molecular weight is 260 g/mol. The Labute approximate surface area is 111 Å². The van der Waals surface area contributed by atoms with Crippen LogP contribution < -0.4 is 4.73 Å². The first-order valence-corrected chi connectivity index (χ1v) is 6.04. The van der Waals surface area contributed by atoms with Crippen LogP contribution in [0.15, 0.2) is 36.7 Å². The summed E-state index contributed by atoms with van der Waals surface area (Å²) in [4.78, 5) is 11.4. The Morgan fingerprint density at radius 2 is 2.00 bits per heavy atom. The van der Waals surface area contributed by atoms with Crippen molar-refractivity contribution in [1.82, 2.24) is 4.57 Å². The van der Waals surface area contributed by atoms with E-state index in [2.05, 4.69) is 0 Å². The Hall–Kier alpha value is -2.30. The van der Waals surface area contributed by atoms with Crippen molar-refractivity contribution in [3.8, 4) is 0 Å². The smallest absolute Gasteiger partial charge is 0.349 e. The van der Waals surface area contributed by atoms with Gasteiger partial charge in [0.25, 0.3) is 0 Å². The van der Waals surface area contributed by atoms with E-state index in [1.54, 1.807) is 13.8 Å². The number of carboxylic acids is 1. The third kappa shape index (κ3) is 2.59. The molecule has 100 valence electrons. The van der Waals surface area contributed by atoms with Crippen LogP contribution in [0.4, 0.5) is 0 Å². The highest BCUT2D eigenvalue weighted by Gasteiger charge is 2.28. The van der Waals surface area contributed by atoms with Gasteiger partial charge in [-0.1, -0.05) is 30.3 Å². The van der Waals surface area contributed by atoms with Crippen LogP contribution in [0.25, 0.3) is 0 Å². The molecule has 0 amide bonds. The summed E-state index contributed by atoms with van der Waals surface area (Å²) in [5.74, 6) is -0.942. The largest absolute Gasteiger partial charge is 0.711 e. The van der Waals surface area contributed by atoms with Crippen LogP contribution in [0.5, 0.6) is 0 Å². The topological polar surface area (TPSA) is 69.2 Å². The molecule has 5 heteroatoms. The van der Waals surface area contributed by atoms with Crippen molar-refractivity contribution in [3.05, 3.63) is 58.8 Å². The molecule has 1 unspecified atom stereocenters. The van der Waals surface area contributed by atoms with E-state index in [1.165, 1.54) is 10.9 Å². The highest BCUT2D eigenvalue weighted by Crippen LogP contribution is 2.17. The van der Waals surface area contributed by atoms with E-state index in [4.69, 9.17) is 0 Å². The van der Waals surface area contributed by atoms with E-state index in [1.807, 2.05) is 30.3 Å². The molecule has 0 bridgehead atoms. The summed E-state index contributed by atoms with van der Waals surface area (Å²) >= 11 is 0. The van der Waals surface area contributed by atoms with E-state index >= 15 is 0 Å². The first kappa shape index (κ1) is 13.1. The van der Waals surface area contributed by atoms with Crippen LogP contribution in [0.3, 0.4) is 0 Å². The molecule has 0 aliphatic rings. The molecule has 0 saturated heterocycles. The summed E-state index contributed by atoms with van der Waals surface area (Å²) in [7, 11) is 0. The fraction of sp³-hybridized carbons (Fsp3) is 0.286. The summed E-state index contributed by atoms with van der Waals surface area (Å²) in [6, 6.07) is 8.62. The molecule has 0 spiro atoms. The molecule has 1 aromatic heterocycles. The maximum absolute atomic E-state index is 11.5. The van der Waals surface area contributed by atoms with Crippen LogP contribution in [0.2, 0.25) is 0 Å². The summed E-state index contributed by atoms with van der Waals surface area (Å²) in [6.07, 6.45) is 1.65. The van der Waals surface area contributed by atoms with Gasteiger partial charge < -0.3 is 10.3 Å². The number of aromatic nitrogens is 2. The van der Waals surface area contributed by atoms with Gasteiger partial charge in [-0.05, 0) is 5.56 Å². The second-order valence-electron chi connectivity index (χ2n) is 4.56. The molecule has 1 N–H and O–H groups in total. The van der Waals surface area contributed by atoms with Crippen LogP contribution in [-0.4, -0.2) is 15.6 Å². The fourth-order valence-corrected chi connectivity index (χ4v) is 2.09. The van der Waals surface area contributed by atoms with Crippen molar-refractivity contribution in [1.29, 1.82) is 0 Å². The Morgan fingerprint density at radius 3 is 2.47 bits per heavy atom. The number of hydrogen-bond acceptors (Lipinski definition) is 2. The molecular formula is C14H16N2O3. The third-order valence-corrected chi connectivity index (χ3v) is 3.36. The van der Waals surface area contributed by atoms with Gasteiger partial charge >= 0.3 is 5.97 Å². The number of nitrogens with zero attached hydrogens (tertiary/aromatic N) is 2. The molecule has 0 aliphatic heterocycles. The summed E-state index contributed by atoms with van der Waals surface area (Å²) < 4.78 is 2.23. The van der Waals surface area contributed by atoms with E-state index in [-0.39, 0.29) is 0 Å². The number of carbonyl (C=O) groups is 1. The lowest BCUT2D eigenvalue weighted by Crippen LogP contribution is -2.27. The molecule has 0 radical (unpaired) electrons. The van der Waals surface area contributed by atoms with Gasteiger partial charge in [-0.2, -0.15) is 0 Å². The molecular weight excluding hydrogens is 244 g/mol. The zero-order valence-corrected chi connectivity index (χ0v) is 10.9. The molecule has 1 heterocycles. The highest BCUT2D eigenvalue weighted by atomic mass is 16.5. The number of hydrogen-bond donors (Lipinski definition) is 1. The number of benzene rings is 1. The quantitative estimate of drug-likeness (QED) is 0.670. The molecule has 5 nitrogen and oxygen atoms in total. The van der Waals surface area contributed by atoms with Gasteiger partial charge in [-0.15, -0.1) is 0 Å². The summed E-state index contributed by atoms with van der Waals surface area (Å²) in [6.45, 7) is 3.44. The summed E-state index contributed by atoms with van der Waals surface area (Å²) in [5.41, 5.74) is 2.13. The van der Waals surface area contributed by atoms with Gasteiger partial charge in [-0.3, -0.25) is 0 Å². The van der Waals surface area contributed by atoms with E-state index < -0.39 is 12.0 Å². The lowest BCUT2D eigenvalue weighted by atomic mass is 10.1. The maximum atomic E-state index is 11.5. The van der Waals surface area contributed by atoms with Gasteiger partial charge in [0.2, 0.25) is 12.4 Å². The average Bonchev–Trinajstić information content (AvgIpc) is 2.64. The second kappa shape index (κ2) is 5.14. The molecule has 2 aromatic rings. The van der Waals surface area contributed by atoms with Gasteiger partial charge in [0, 0.05) is 20.3 Å². The van der Waals surface area contributed by atoms with Crippen LogP contribution in [-0.2, 0) is 11.2 Å². The fourth-order valence-electron chi connectivity index (χ4n) is 2.09. The normalized spacial score (nSPS) is 12.3. The zero-order chi connectivity index (χ0) is 14.0. The van der Waals surface area contributed by atoms with Crippen LogP contribution >= 0.6 is 0 Å². The van der Waals surface area contributed by atoms with Crippen molar-refractivity contribution in [2.75, 3.05) is 0 Å².